The molecule has 0 spiro atoms. The van der Waals surface area contributed by atoms with E-state index >= 15 is 0 Å². The van der Waals surface area contributed by atoms with E-state index < -0.39 is 23.8 Å². The van der Waals surface area contributed by atoms with Gasteiger partial charge in [-0.05, 0) is 0 Å². The maximum atomic E-state index is 11.1. The minimum absolute atomic E-state index is 0.0356. The molecule has 0 radical (unpaired) electrons. The number of carbonyl (C=O) groups excluding carboxylic acids is 4. The Labute approximate surface area is 84.5 Å². The number of hydrogen-bond acceptors (Lipinski definition) is 5. The largest absolute Gasteiger partial charge is 0.453 e. The molecule has 0 saturated heterocycles. The first-order valence-electron chi connectivity index (χ1n) is 3.98. The summed E-state index contributed by atoms with van der Waals surface area (Å²) in [7, 11) is 0. The standard InChI is InChI=1S/C8H8N2O5/c9-8(14)5(15-4-11)3-10-6(12)1-2-7(10)13/h1-2,4-5H,3H2,(H2,9,14). The lowest BCUT2D eigenvalue weighted by Gasteiger charge is -2.18. The van der Waals surface area contributed by atoms with Gasteiger partial charge in [0.1, 0.15) is 0 Å². The molecule has 0 aliphatic carbocycles. The molecule has 7 nitrogen and oxygen atoms in total. The zero-order valence-corrected chi connectivity index (χ0v) is 7.58. The summed E-state index contributed by atoms with van der Waals surface area (Å²) in [5.41, 5.74) is 4.90. The predicted octanol–water partition coefficient (Wildman–Crippen LogP) is -2.06. The molecular formula is C8H8N2O5. The highest BCUT2D eigenvalue weighted by molar-refractivity contribution is 6.13. The first-order chi connectivity index (χ1) is 7.06. The Morgan fingerprint density at radius 2 is 2.00 bits per heavy atom. The summed E-state index contributed by atoms with van der Waals surface area (Å²) < 4.78 is 4.33. The van der Waals surface area contributed by atoms with Crippen LogP contribution in [0.1, 0.15) is 0 Å². The predicted molar refractivity (Wildman–Crippen MR) is 46.0 cm³/mol. The van der Waals surface area contributed by atoms with Gasteiger partial charge in [-0.15, -0.1) is 0 Å². The number of carbonyl (C=O) groups is 4. The molecule has 0 aromatic rings. The van der Waals surface area contributed by atoms with E-state index in [1.807, 2.05) is 0 Å². The SMILES string of the molecule is NC(=O)C(CN1C(=O)C=CC1=O)OC=O. The van der Waals surface area contributed by atoms with Gasteiger partial charge in [0.15, 0.2) is 6.10 Å². The van der Waals surface area contributed by atoms with Crippen LogP contribution < -0.4 is 5.73 Å². The number of nitrogens with zero attached hydrogens (tertiary/aromatic N) is 1. The van der Waals surface area contributed by atoms with Gasteiger partial charge in [-0.25, -0.2) is 0 Å². The van der Waals surface area contributed by atoms with E-state index in [4.69, 9.17) is 5.73 Å². The van der Waals surface area contributed by atoms with Crippen LogP contribution in [0.4, 0.5) is 0 Å². The van der Waals surface area contributed by atoms with Crippen LogP contribution in [-0.4, -0.2) is 41.7 Å². The lowest BCUT2D eigenvalue weighted by molar-refractivity contribution is -0.149. The van der Waals surface area contributed by atoms with Crippen molar-refractivity contribution in [1.29, 1.82) is 0 Å². The quantitative estimate of drug-likeness (QED) is 0.416. The van der Waals surface area contributed by atoms with Gasteiger partial charge >= 0.3 is 0 Å². The molecule has 1 unspecified atom stereocenters. The molecule has 1 aliphatic rings. The highest BCUT2D eigenvalue weighted by atomic mass is 16.5. The molecule has 1 rings (SSSR count). The van der Waals surface area contributed by atoms with Gasteiger partial charge in [0.05, 0.1) is 6.54 Å². The van der Waals surface area contributed by atoms with Crippen LogP contribution in [0.25, 0.3) is 0 Å². The Balaban J connectivity index is 2.66. The molecular weight excluding hydrogens is 204 g/mol. The lowest BCUT2D eigenvalue weighted by Crippen LogP contribution is -2.44. The van der Waals surface area contributed by atoms with Crippen LogP contribution in [-0.2, 0) is 23.9 Å². The Hall–Kier alpha value is -2.18. The molecule has 80 valence electrons. The Morgan fingerprint density at radius 3 is 2.40 bits per heavy atom. The monoisotopic (exact) mass is 212 g/mol. The molecule has 1 heterocycles. The number of nitrogens with two attached hydrogens (primary N) is 1. The summed E-state index contributed by atoms with van der Waals surface area (Å²) in [4.78, 5) is 43.7. The molecule has 15 heavy (non-hydrogen) atoms. The second-order valence-electron chi connectivity index (χ2n) is 2.74. The summed E-state index contributed by atoms with van der Waals surface area (Å²) in [5, 5.41) is 0. The highest BCUT2D eigenvalue weighted by Crippen LogP contribution is 2.05. The van der Waals surface area contributed by atoms with Crippen LogP contribution in [0.15, 0.2) is 12.2 Å². The molecule has 0 bridgehead atoms. The fraction of sp³-hybridized carbons (Fsp3) is 0.250. The maximum absolute atomic E-state index is 11.1. The number of hydrogen-bond donors (Lipinski definition) is 1. The van der Waals surface area contributed by atoms with Crippen LogP contribution in [0.2, 0.25) is 0 Å². The van der Waals surface area contributed by atoms with Gasteiger partial charge in [0, 0.05) is 12.2 Å². The smallest absolute Gasteiger partial charge is 0.293 e. The van der Waals surface area contributed by atoms with Crippen molar-refractivity contribution in [1.82, 2.24) is 4.90 Å². The van der Waals surface area contributed by atoms with Gasteiger partial charge in [-0.1, -0.05) is 0 Å². The Morgan fingerprint density at radius 1 is 1.47 bits per heavy atom. The van der Waals surface area contributed by atoms with Crippen molar-refractivity contribution in [2.45, 2.75) is 6.10 Å². The van der Waals surface area contributed by atoms with Crippen LogP contribution in [0.5, 0.6) is 0 Å². The maximum Gasteiger partial charge on any atom is 0.293 e. The number of ether oxygens (including phenoxy) is 1. The molecule has 3 amide bonds. The van der Waals surface area contributed by atoms with E-state index in [9.17, 15) is 19.2 Å². The van der Waals surface area contributed by atoms with Crippen molar-refractivity contribution in [2.75, 3.05) is 6.54 Å². The number of primary amides is 1. The fourth-order valence-corrected chi connectivity index (χ4v) is 1.04. The van der Waals surface area contributed by atoms with E-state index in [1.165, 1.54) is 0 Å². The molecule has 0 aromatic carbocycles. The summed E-state index contributed by atoms with van der Waals surface area (Å²) in [6.45, 7) is -0.327. The van der Waals surface area contributed by atoms with E-state index in [-0.39, 0.29) is 13.0 Å². The summed E-state index contributed by atoms with van der Waals surface area (Å²) in [6.07, 6.45) is 0.804. The van der Waals surface area contributed by atoms with Gasteiger partial charge in [0.2, 0.25) is 0 Å². The minimum atomic E-state index is -1.31. The summed E-state index contributed by atoms with van der Waals surface area (Å²) in [5.74, 6) is -2.06. The van der Waals surface area contributed by atoms with Gasteiger partial charge in [-0.2, -0.15) is 0 Å². The van der Waals surface area contributed by atoms with Gasteiger partial charge in [0.25, 0.3) is 24.2 Å². The van der Waals surface area contributed by atoms with Crippen molar-refractivity contribution in [2.24, 2.45) is 5.73 Å². The van der Waals surface area contributed by atoms with Gasteiger partial charge in [-0.3, -0.25) is 24.1 Å². The number of imide groups is 1. The molecule has 1 aliphatic heterocycles. The van der Waals surface area contributed by atoms with Crippen molar-refractivity contribution >= 4 is 24.2 Å². The molecule has 1 atom stereocenters. The molecule has 7 heteroatoms. The molecule has 0 fully saturated rings. The van der Waals surface area contributed by atoms with E-state index in [0.29, 0.717) is 0 Å². The van der Waals surface area contributed by atoms with Crippen molar-refractivity contribution in [3.63, 3.8) is 0 Å². The lowest BCUT2D eigenvalue weighted by atomic mass is 10.3. The summed E-state index contributed by atoms with van der Waals surface area (Å²) in [6, 6.07) is 0. The average molecular weight is 212 g/mol. The van der Waals surface area contributed by atoms with Crippen LogP contribution >= 0.6 is 0 Å². The van der Waals surface area contributed by atoms with Gasteiger partial charge < -0.3 is 10.5 Å². The second kappa shape index (κ2) is 4.36. The third kappa shape index (κ3) is 2.39. The van der Waals surface area contributed by atoms with E-state index in [2.05, 4.69) is 4.74 Å². The molecule has 0 aromatic heterocycles. The average Bonchev–Trinajstić information content (AvgIpc) is 2.48. The third-order valence-corrected chi connectivity index (χ3v) is 1.79. The van der Waals surface area contributed by atoms with E-state index in [1.54, 1.807) is 0 Å². The zero-order valence-electron chi connectivity index (χ0n) is 7.58. The zero-order chi connectivity index (χ0) is 11.4. The topological polar surface area (TPSA) is 107 Å². The van der Waals surface area contributed by atoms with Crippen LogP contribution in [0.3, 0.4) is 0 Å². The number of amides is 3. The molecule has 0 saturated carbocycles. The Kier molecular flexibility index (Phi) is 3.17. The second-order valence-corrected chi connectivity index (χ2v) is 2.74. The summed E-state index contributed by atoms with van der Waals surface area (Å²) >= 11 is 0. The fourth-order valence-electron chi connectivity index (χ4n) is 1.04. The first-order valence-corrected chi connectivity index (χ1v) is 3.98. The first kappa shape index (κ1) is 10.9. The minimum Gasteiger partial charge on any atom is -0.453 e. The Bertz CT molecular complexity index is 331. The highest BCUT2D eigenvalue weighted by Gasteiger charge is 2.29. The van der Waals surface area contributed by atoms with Crippen LogP contribution in [0, 0.1) is 0 Å². The van der Waals surface area contributed by atoms with Crippen molar-refractivity contribution < 1.29 is 23.9 Å². The van der Waals surface area contributed by atoms with Crippen molar-refractivity contribution in [3.05, 3.63) is 12.2 Å². The molecule has 2 N–H and O–H groups in total. The van der Waals surface area contributed by atoms with Crippen molar-refractivity contribution in [3.8, 4) is 0 Å². The third-order valence-electron chi connectivity index (χ3n) is 1.79. The van der Waals surface area contributed by atoms with E-state index in [0.717, 1.165) is 17.1 Å². The number of rotatable bonds is 5. The normalized spacial score (nSPS) is 16.7.